The molecule has 1 aliphatic carbocycles. The molecule has 0 radical (unpaired) electrons. The van der Waals surface area contributed by atoms with Gasteiger partial charge in [0.15, 0.2) is 11.6 Å². The monoisotopic (exact) mass is 338 g/mol. The van der Waals surface area contributed by atoms with Crippen molar-refractivity contribution in [3.8, 4) is 0 Å². The fraction of sp³-hybridized carbons (Fsp3) is 0.478. The van der Waals surface area contributed by atoms with E-state index in [0.29, 0.717) is 28.7 Å². The molecule has 0 aromatic heterocycles. The fourth-order valence-electron chi connectivity index (χ4n) is 3.28. The zero-order chi connectivity index (χ0) is 18.7. The second-order valence-corrected chi connectivity index (χ2v) is 7.78. The highest BCUT2D eigenvalue weighted by Crippen LogP contribution is 2.30. The van der Waals surface area contributed by atoms with Crippen molar-refractivity contribution in [1.82, 2.24) is 0 Å². The van der Waals surface area contributed by atoms with Gasteiger partial charge in [-0.25, -0.2) is 0 Å². The van der Waals surface area contributed by atoms with Crippen LogP contribution in [0.1, 0.15) is 85.2 Å². The van der Waals surface area contributed by atoms with E-state index in [1.54, 1.807) is 6.92 Å². The highest BCUT2D eigenvalue weighted by atomic mass is 16.1. The Morgan fingerprint density at radius 2 is 1.56 bits per heavy atom. The number of carbonyl (C=O) groups excluding carboxylic acids is 2. The third-order valence-corrected chi connectivity index (χ3v) is 5.20. The van der Waals surface area contributed by atoms with Crippen molar-refractivity contribution < 1.29 is 9.59 Å². The number of hydrogen-bond acceptors (Lipinski definition) is 2. The molecule has 0 fully saturated rings. The summed E-state index contributed by atoms with van der Waals surface area (Å²) < 4.78 is 0. The normalized spacial score (nSPS) is 15.2. The van der Waals surface area contributed by atoms with Crippen LogP contribution >= 0.6 is 0 Å². The number of rotatable bonds is 6. The van der Waals surface area contributed by atoms with Crippen molar-refractivity contribution >= 4 is 11.6 Å². The number of benzene rings is 1. The molecule has 0 N–H and O–H groups in total. The fourth-order valence-corrected chi connectivity index (χ4v) is 3.28. The molecule has 0 saturated carbocycles. The van der Waals surface area contributed by atoms with Gasteiger partial charge in [-0.3, -0.25) is 9.59 Å². The minimum atomic E-state index is -0.00133. The van der Waals surface area contributed by atoms with E-state index in [0.717, 1.165) is 23.5 Å². The minimum absolute atomic E-state index is 0.00133. The van der Waals surface area contributed by atoms with Crippen LogP contribution in [0.25, 0.3) is 0 Å². The maximum absolute atomic E-state index is 12.9. The second-order valence-electron chi connectivity index (χ2n) is 7.78. The Morgan fingerprint density at radius 1 is 1.00 bits per heavy atom. The molecule has 0 heterocycles. The zero-order valence-corrected chi connectivity index (χ0v) is 16.5. The quantitative estimate of drug-likeness (QED) is 0.582. The molecule has 25 heavy (non-hydrogen) atoms. The summed E-state index contributed by atoms with van der Waals surface area (Å²) >= 11 is 0. The summed E-state index contributed by atoms with van der Waals surface area (Å²) in [6.45, 7) is 12.3. The van der Waals surface area contributed by atoms with E-state index in [4.69, 9.17) is 0 Å². The predicted molar refractivity (Wildman–Crippen MR) is 104 cm³/mol. The Kier molecular flexibility index (Phi) is 6.16. The average Bonchev–Trinajstić information content (AvgIpc) is 2.54. The standard InChI is InChI=1S/C23H30O2/c1-14(2)8-7-9-15(3)10-11-19-18(6)22(24)20-12-16(4)17(5)13-21(20)23(19)25/h10,12-14H,7-9,11H2,1-6H3/b15-10+. The third-order valence-electron chi connectivity index (χ3n) is 5.20. The van der Waals surface area contributed by atoms with E-state index in [-0.39, 0.29) is 11.6 Å². The molecular formula is C23H30O2. The number of fused-ring (bicyclic) bond motifs is 1. The van der Waals surface area contributed by atoms with Gasteiger partial charge in [0.1, 0.15) is 0 Å². The van der Waals surface area contributed by atoms with Gasteiger partial charge in [0, 0.05) is 22.3 Å². The van der Waals surface area contributed by atoms with Gasteiger partial charge >= 0.3 is 0 Å². The van der Waals surface area contributed by atoms with Gasteiger partial charge in [-0.2, -0.15) is 0 Å². The van der Waals surface area contributed by atoms with Crippen molar-refractivity contribution in [2.75, 3.05) is 0 Å². The Bertz CT molecular complexity index is 761. The molecule has 0 bridgehead atoms. The van der Waals surface area contributed by atoms with E-state index in [1.165, 1.54) is 18.4 Å². The molecule has 1 aliphatic rings. The molecule has 0 atom stereocenters. The van der Waals surface area contributed by atoms with Gasteiger partial charge in [0.05, 0.1) is 0 Å². The lowest BCUT2D eigenvalue weighted by Gasteiger charge is -2.20. The highest BCUT2D eigenvalue weighted by Gasteiger charge is 2.29. The summed E-state index contributed by atoms with van der Waals surface area (Å²) in [5.74, 6) is 0.735. The Morgan fingerprint density at radius 3 is 2.12 bits per heavy atom. The molecule has 0 spiro atoms. The molecule has 2 nitrogen and oxygen atoms in total. The van der Waals surface area contributed by atoms with E-state index >= 15 is 0 Å². The first-order valence-electron chi connectivity index (χ1n) is 9.28. The van der Waals surface area contributed by atoms with Gasteiger partial charge in [0.25, 0.3) is 0 Å². The van der Waals surface area contributed by atoms with Crippen LogP contribution in [0.5, 0.6) is 0 Å². The first-order valence-corrected chi connectivity index (χ1v) is 9.28. The van der Waals surface area contributed by atoms with Crippen LogP contribution in [0.15, 0.2) is 34.9 Å². The molecule has 2 heteroatoms. The lowest BCUT2D eigenvalue weighted by atomic mass is 9.81. The second kappa shape index (κ2) is 7.95. The number of hydrogen-bond donors (Lipinski definition) is 0. The molecule has 0 aliphatic heterocycles. The van der Waals surface area contributed by atoms with Crippen molar-refractivity contribution in [3.05, 3.63) is 57.2 Å². The molecule has 0 unspecified atom stereocenters. The molecule has 134 valence electrons. The smallest absolute Gasteiger partial charge is 0.190 e. The number of carbonyl (C=O) groups is 2. The van der Waals surface area contributed by atoms with Gasteiger partial charge in [-0.1, -0.05) is 31.9 Å². The van der Waals surface area contributed by atoms with E-state index in [2.05, 4.69) is 26.8 Å². The van der Waals surface area contributed by atoms with Crippen molar-refractivity contribution in [2.24, 2.45) is 5.92 Å². The van der Waals surface area contributed by atoms with Gasteiger partial charge in [-0.05, 0) is 76.1 Å². The first kappa shape index (κ1) is 19.4. The zero-order valence-electron chi connectivity index (χ0n) is 16.5. The maximum Gasteiger partial charge on any atom is 0.190 e. The molecule has 2 rings (SSSR count). The number of Topliss-reactive ketones (excluding diaryl/α,β-unsaturated/α-hetero) is 2. The summed E-state index contributed by atoms with van der Waals surface area (Å²) in [5.41, 5.74) is 5.80. The van der Waals surface area contributed by atoms with Crippen LogP contribution in [-0.4, -0.2) is 11.6 Å². The lowest BCUT2D eigenvalue weighted by molar-refractivity contribution is 0.0973. The van der Waals surface area contributed by atoms with E-state index in [1.807, 2.05) is 26.0 Å². The molecule has 1 aromatic rings. The van der Waals surface area contributed by atoms with Crippen LogP contribution in [0.2, 0.25) is 0 Å². The van der Waals surface area contributed by atoms with Crippen molar-refractivity contribution in [2.45, 2.75) is 67.2 Å². The average molecular weight is 338 g/mol. The largest absolute Gasteiger partial charge is 0.289 e. The van der Waals surface area contributed by atoms with E-state index in [9.17, 15) is 9.59 Å². The summed E-state index contributed by atoms with van der Waals surface area (Å²) in [5, 5.41) is 0. The Labute approximate surface area is 152 Å². The van der Waals surface area contributed by atoms with Crippen molar-refractivity contribution in [3.63, 3.8) is 0 Å². The molecule has 1 aromatic carbocycles. The lowest BCUT2D eigenvalue weighted by Crippen LogP contribution is -2.21. The SMILES string of the molecule is CC1=C(C/C=C(\C)CCCC(C)C)C(=O)c2cc(C)c(C)cc2C1=O. The Hall–Kier alpha value is -1.96. The topological polar surface area (TPSA) is 34.1 Å². The van der Waals surface area contributed by atoms with Crippen LogP contribution in [0.3, 0.4) is 0 Å². The molecular weight excluding hydrogens is 308 g/mol. The third kappa shape index (κ3) is 4.36. The van der Waals surface area contributed by atoms with Crippen molar-refractivity contribution in [1.29, 1.82) is 0 Å². The summed E-state index contributed by atoms with van der Waals surface area (Å²) in [6.07, 6.45) is 6.12. The Balaban J connectivity index is 2.21. The first-order chi connectivity index (χ1) is 11.7. The van der Waals surface area contributed by atoms with E-state index < -0.39 is 0 Å². The summed E-state index contributed by atoms with van der Waals surface area (Å²) in [6, 6.07) is 3.73. The van der Waals surface area contributed by atoms with Gasteiger partial charge in [-0.15, -0.1) is 0 Å². The highest BCUT2D eigenvalue weighted by molar-refractivity contribution is 6.26. The predicted octanol–water partition coefficient (Wildman–Crippen LogP) is 6.16. The number of ketones is 2. The number of allylic oxidation sites excluding steroid dienone is 4. The summed E-state index contributed by atoms with van der Waals surface area (Å²) in [4.78, 5) is 25.6. The maximum atomic E-state index is 12.9. The number of aryl methyl sites for hydroxylation is 2. The van der Waals surface area contributed by atoms with Gasteiger partial charge < -0.3 is 0 Å². The summed E-state index contributed by atoms with van der Waals surface area (Å²) in [7, 11) is 0. The van der Waals surface area contributed by atoms with Gasteiger partial charge in [0.2, 0.25) is 0 Å². The molecule has 0 saturated heterocycles. The molecule has 0 amide bonds. The van der Waals surface area contributed by atoms with Crippen LogP contribution in [0.4, 0.5) is 0 Å². The van der Waals surface area contributed by atoms with Crippen LogP contribution < -0.4 is 0 Å². The van der Waals surface area contributed by atoms with Crippen LogP contribution in [-0.2, 0) is 0 Å². The van der Waals surface area contributed by atoms with Crippen LogP contribution in [0, 0.1) is 19.8 Å². The minimum Gasteiger partial charge on any atom is -0.289 e.